The van der Waals surface area contributed by atoms with E-state index in [4.69, 9.17) is 0 Å². The van der Waals surface area contributed by atoms with Crippen molar-refractivity contribution in [1.29, 1.82) is 0 Å². The molecule has 0 aliphatic carbocycles. The van der Waals surface area contributed by atoms with Crippen LogP contribution >= 0.6 is 0 Å². The standard InChI is InChI=1S/C16H20N4O/c1-19-8-7-17-15(19)11-20(2)16(21)14-9-12-5-3-4-6-13(12)10-18-14/h3-8,14,18H,9-11H2,1-2H3/t14-/m0/s1. The molecular weight excluding hydrogens is 264 g/mol. The minimum Gasteiger partial charge on any atom is -0.337 e. The van der Waals surface area contributed by atoms with Gasteiger partial charge in [-0.15, -0.1) is 0 Å². The monoisotopic (exact) mass is 284 g/mol. The fourth-order valence-corrected chi connectivity index (χ4v) is 2.73. The molecule has 2 aromatic rings. The summed E-state index contributed by atoms with van der Waals surface area (Å²) in [4.78, 5) is 18.6. The summed E-state index contributed by atoms with van der Waals surface area (Å²) < 4.78 is 1.94. The van der Waals surface area contributed by atoms with Gasteiger partial charge in [-0.05, 0) is 17.5 Å². The summed E-state index contributed by atoms with van der Waals surface area (Å²) in [5.74, 6) is 1.01. The van der Waals surface area contributed by atoms with Gasteiger partial charge in [0, 0.05) is 33.0 Å². The van der Waals surface area contributed by atoms with Crippen molar-refractivity contribution in [3.63, 3.8) is 0 Å². The lowest BCUT2D eigenvalue weighted by molar-refractivity contribution is -0.133. The topological polar surface area (TPSA) is 50.2 Å². The first-order chi connectivity index (χ1) is 10.1. The van der Waals surface area contributed by atoms with E-state index >= 15 is 0 Å². The Morgan fingerprint density at radius 3 is 2.90 bits per heavy atom. The molecule has 5 heteroatoms. The van der Waals surface area contributed by atoms with Crippen molar-refractivity contribution in [3.05, 3.63) is 53.6 Å². The Labute approximate surface area is 124 Å². The molecule has 1 atom stereocenters. The Morgan fingerprint density at radius 2 is 2.19 bits per heavy atom. The third kappa shape index (κ3) is 2.83. The molecule has 0 unspecified atom stereocenters. The van der Waals surface area contributed by atoms with E-state index in [1.807, 2.05) is 37.0 Å². The summed E-state index contributed by atoms with van der Waals surface area (Å²) in [7, 11) is 3.77. The Bertz CT molecular complexity index is 649. The van der Waals surface area contributed by atoms with Crippen LogP contribution in [-0.4, -0.2) is 33.4 Å². The van der Waals surface area contributed by atoms with Gasteiger partial charge in [0.1, 0.15) is 5.82 Å². The van der Waals surface area contributed by atoms with E-state index in [9.17, 15) is 4.79 Å². The number of fused-ring (bicyclic) bond motifs is 1. The molecule has 0 spiro atoms. The maximum atomic E-state index is 12.6. The number of nitrogens with zero attached hydrogens (tertiary/aromatic N) is 3. The summed E-state index contributed by atoms with van der Waals surface area (Å²) in [5.41, 5.74) is 2.55. The zero-order chi connectivity index (χ0) is 14.8. The maximum absolute atomic E-state index is 12.6. The maximum Gasteiger partial charge on any atom is 0.240 e. The van der Waals surface area contributed by atoms with Crippen LogP contribution in [0.15, 0.2) is 36.7 Å². The molecule has 0 fully saturated rings. The number of aryl methyl sites for hydroxylation is 1. The zero-order valence-corrected chi connectivity index (χ0v) is 12.4. The molecule has 1 aliphatic heterocycles. The number of benzene rings is 1. The van der Waals surface area contributed by atoms with E-state index in [1.165, 1.54) is 11.1 Å². The molecule has 0 saturated heterocycles. The van der Waals surface area contributed by atoms with Gasteiger partial charge in [0.25, 0.3) is 0 Å². The van der Waals surface area contributed by atoms with Crippen LogP contribution in [-0.2, 0) is 31.4 Å². The molecular formula is C16H20N4O. The number of aromatic nitrogens is 2. The Balaban J connectivity index is 1.67. The van der Waals surface area contributed by atoms with Gasteiger partial charge in [-0.25, -0.2) is 4.98 Å². The van der Waals surface area contributed by atoms with Crippen LogP contribution in [0.1, 0.15) is 17.0 Å². The molecule has 1 aromatic carbocycles. The van der Waals surface area contributed by atoms with Gasteiger partial charge in [-0.2, -0.15) is 0 Å². The van der Waals surface area contributed by atoms with Gasteiger partial charge in [0.05, 0.1) is 12.6 Å². The average Bonchev–Trinajstić information content (AvgIpc) is 2.91. The molecule has 1 aliphatic rings. The van der Waals surface area contributed by atoms with Gasteiger partial charge >= 0.3 is 0 Å². The van der Waals surface area contributed by atoms with Gasteiger partial charge in [0.2, 0.25) is 5.91 Å². The van der Waals surface area contributed by atoms with Crippen molar-refractivity contribution >= 4 is 5.91 Å². The summed E-state index contributed by atoms with van der Waals surface area (Å²) in [6.45, 7) is 1.28. The summed E-state index contributed by atoms with van der Waals surface area (Å²) in [6, 6.07) is 8.14. The molecule has 2 heterocycles. The van der Waals surface area contributed by atoms with Crippen molar-refractivity contribution in [2.75, 3.05) is 7.05 Å². The SMILES string of the molecule is CN(Cc1nccn1C)C(=O)[C@@H]1Cc2ccccc2CN1. The summed E-state index contributed by atoms with van der Waals surface area (Å²) in [5, 5.41) is 3.33. The Kier molecular flexibility index (Phi) is 3.75. The highest BCUT2D eigenvalue weighted by molar-refractivity contribution is 5.82. The lowest BCUT2D eigenvalue weighted by Crippen LogP contribution is -2.48. The number of imidazole rings is 1. The van der Waals surface area contributed by atoms with Crippen molar-refractivity contribution < 1.29 is 4.79 Å². The Morgan fingerprint density at radius 1 is 1.43 bits per heavy atom. The normalized spacial score (nSPS) is 17.3. The van der Waals surface area contributed by atoms with Gasteiger partial charge in [-0.1, -0.05) is 24.3 Å². The van der Waals surface area contributed by atoms with Crippen LogP contribution in [0.25, 0.3) is 0 Å². The minimum atomic E-state index is -0.148. The number of hydrogen-bond acceptors (Lipinski definition) is 3. The quantitative estimate of drug-likeness (QED) is 0.918. The highest BCUT2D eigenvalue weighted by Crippen LogP contribution is 2.17. The van der Waals surface area contributed by atoms with Crippen LogP contribution in [0, 0.1) is 0 Å². The second kappa shape index (κ2) is 5.69. The fourth-order valence-electron chi connectivity index (χ4n) is 2.73. The van der Waals surface area contributed by atoms with Crippen molar-refractivity contribution in [3.8, 4) is 0 Å². The molecule has 0 radical (unpaired) electrons. The first-order valence-corrected chi connectivity index (χ1v) is 7.16. The Hall–Kier alpha value is -2.14. The van der Waals surface area contributed by atoms with Crippen LogP contribution in [0.4, 0.5) is 0 Å². The smallest absolute Gasteiger partial charge is 0.240 e. The first-order valence-electron chi connectivity index (χ1n) is 7.16. The summed E-state index contributed by atoms with van der Waals surface area (Å²) >= 11 is 0. The van der Waals surface area contributed by atoms with Crippen LogP contribution in [0.5, 0.6) is 0 Å². The molecule has 3 rings (SSSR count). The van der Waals surface area contributed by atoms with Crippen LogP contribution in [0.3, 0.4) is 0 Å². The van der Waals surface area contributed by atoms with Crippen molar-refractivity contribution in [2.24, 2.45) is 7.05 Å². The molecule has 110 valence electrons. The number of amides is 1. The molecule has 21 heavy (non-hydrogen) atoms. The molecule has 0 bridgehead atoms. The highest BCUT2D eigenvalue weighted by Gasteiger charge is 2.26. The van der Waals surface area contributed by atoms with E-state index < -0.39 is 0 Å². The minimum absolute atomic E-state index is 0.118. The van der Waals surface area contributed by atoms with E-state index in [0.717, 1.165) is 18.8 Å². The van der Waals surface area contributed by atoms with Crippen LogP contribution < -0.4 is 5.32 Å². The molecule has 1 aromatic heterocycles. The number of carbonyl (C=O) groups excluding carboxylic acids is 1. The number of rotatable bonds is 3. The van der Waals surface area contributed by atoms with E-state index in [2.05, 4.69) is 22.4 Å². The van der Waals surface area contributed by atoms with Gasteiger partial charge in [-0.3, -0.25) is 4.79 Å². The fraction of sp³-hybridized carbons (Fsp3) is 0.375. The third-order valence-corrected chi connectivity index (χ3v) is 4.06. The molecule has 0 saturated carbocycles. The lowest BCUT2D eigenvalue weighted by Gasteiger charge is -2.28. The average molecular weight is 284 g/mol. The number of nitrogens with one attached hydrogen (secondary N) is 1. The predicted molar refractivity (Wildman–Crippen MR) is 80.5 cm³/mol. The predicted octanol–water partition coefficient (Wildman–Crippen LogP) is 1.09. The van der Waals surface area contributed by atoms with Crippen molar-refractivity contribution in [1.82, 2.24) is 19.8 Å². The van der Waals surface area contributed by atoms with E-state index in [-0.39, 0.29) is 11.9 Å². The van der Waals surface area contributed by atoms with Gasteiger partial charge in [0.15, 0.2) is 0 Å². The first kappa shape index (κ1) is 13.8. The number of carbonyl (C=O) groups is 1. The van der Waals surface area contributed by atoms with E-state index in [0.29, 0.717) is 6.54 Å². The second-order valence-corrected chi connectivity index (χ2v) is 5.55. The second-order valence-electron chi connectivity index (χ2n) is 5.55. The highest BCUT2D eigenvalue weighted by atomic mass is 16.2. The van der Waals surface area contributed by atoms with E-state index in [1.54, 1.807) is 11.1 Å². The van der Waals surface area contributed by atoms with Crippen molar-refractivity contribution in [2.45, 2.75) is 25.6 Å². The third-order valence-electron chi connectivity index (χ3n) is 4.06. The summed E-state index contributed by atoms with van der Waals surface area (Å²) in [6.07, 6.45) is 4.39. The number of hydrogen-bond donors (Lipinski definition) is 1. The van der Waals surface area contributed by atoms with Gasteiger partial charge < -0.3 is 14.8 Å². The lowest BCUT2D eigenvalue weighted by atomic mass is 9.95. The molecule has 1 N–H and O–H groups in total. The van der Waals surface area contributed by atoms with Crippen LogP contribution in [0.2, 0.25) is 0 Å². The number of likely N-dealkylation sites (N-methyl/N-ethyl adjacent to an activating group) is 1. The largest absolute Gasteiger partial charge is 0.337 e. The zero-order valence-electron chi connectivity index (χ0n) is 12.4. The molecule has 1 amide bonds. The molecule has 5 nitrogen and oxygen atoms in total.